The van der Waals surface area contributed by atoms with Gasteiger partial charge in [0.15, 0.2) is 0 Å². The van der Waals surface area contributed by atoms with Gasteiger partial charge in [0.25, 0.3) is 0 Å². The fourth-order valence-corrected chi connectivity index (χ4v) is 2.83. The van der Waals surface area contributed by atoms with E-state index in [0.717, 1.165) is 5.69 Å². The standard InChI is InChI=1S/C14H14ClFN2/c15-14-9-13(10-4-1-2-5-10)17-18(14)12-7-3-6-11(16)8-12/h3,6-10H,1-2,4-5H2. The highest BCUT2D eigenvalue weighted by molar-refractivity contribution is 6.29. The Hall–Kier alpha value is -1.35. The molecule has 0 amide bonds. The van der Waals surface area contributed by atoms with Crippen LogP contribution in [-0.2, 0) is 0 Å². The van der Waals surface area contributed by atoms with E-state index in [1.54, 1.807) is 16.8 Å². The van der Waals surface area contributed by atoms with Crippen molar-refractivity contribution in [2.24, 2.45) is 0 Å². The van der Waals surface area contributed by atoms with Gasteiger partial charge in [0.1, 0.15) is 11.0 Å². The maximum Gasteiger partial charge on any atom is 0.133 e. The van der Waals surface area contributed by atoms with Gasteiger partial charge in [0.2, 0.25) is 0 Å². The summed E-state index contributed by atoms with van der Waals surface area (Å²) in [6, 6.07) is 8.23. The number of halogens is 2. The van der Waals surface area contributed by atoms with Crippen molar-refractivity contribution in [2.45, 2.75) is 31.6 Å². The summed E-state index contributed by atoms with van der Waals surface area (Å²) < 4.78 is 14.8. The molecule has 1 aliphatic rings. The molecule has 94 valence electrons. The fraction of sp³-hybridized carbons (Fsp3) is 0.357. The number of nitrogens with zero attached hydrogens (tertiary/aromatic N) is 2. The van der Waals surface area contributed by atoms with Crippen LogP contribution in [0.25, 0.3) is 5.69 Å². The first kappa shape index (κ1) is 11.7. The third kappa shape index (κ3) is 2.15. The lowest BCUT2D eigenvalue weighted by molar-refractivity contribution is 0.624. The molecular weight excluding hydrogens is 251 g/mol. The topological polar surface area (TPSA) is 17.8 Å². The van der Waals surface area contributed by atoms with Crippen LogP contribution in [0.3, 0.4) is 0 Å². The van der Waals surface area contributed by atoms with Crippen molar-refractivity contribution in [2.75, 3.05) is 0 Å². The summed E-state index contributed by atoms with van der Waals surface area (Å²) in [6.07, 6.45) is 4.87. The van der Waals surface area contributed by atoms with Crippen LogP contribution >= 0.6 is 11.6 Å². The molecule has 0 unspecified atom stereocenters. The minimum Gasteiger partial charge on any atom is -0.222 e. The van der Waals surface area contributed by atoms with Gasteiger partial charge in [-0.15, -0.1) is 0 Å². The lowest BCUT2D eigenvalue weighted by atomic mass is 10.1. The normalized spacial score (nSPS) is 16.3. The molecule has 4 heteroatoms. The van der Waals surface area contributed by atoms with Crippen LogP contribution in [0.15, 0.2) is 30.3 Å². The Balaban J connectivity index is 1.97. The molecule has 0 spiro atoms. The average Bonchev–Trinajstić information content (AvgIpc) is 2.97. The highest BCUT2D eigenvalue weighted by Gasteiger charge is 2.21. The highest BCUT2D eigenvalue weighted by atomic mass is 35.5. The van der Waals surface area contributed by atoms with Crippen LogP contribution < -0.4 is 0 Å². The molecule has 18 heavy (non-hydrogen) atoms. The summed E-state index contributed by atoms with van der Waals surface area (Å²) >= 11 is 6.19. The largest absolute Gasteiger partial charge is 0.222 e. The van der Waals surface area contributed by atoms with Gasteiger partial charge in [-0.2, -0.15) is 5.10 Å². The summed E-state index contributed by atoms with van der Waals surface area (Å²) in [6.45, 7) is 0. The van der Waals surface area contributed by atoms with Gasteiger partial charge >= 0.3 is 0 Å². The minimum atomic E-state index is -0.276. The smallest absolute Gasteiger partial charge is 0.133 e. The van der Waals surface area contributed by atoms with Crippen molar-refractivity contribution in [3.63, 3.8) is 0 Å². The molecule has 0 saturated heterocycles. The molecule has 1 heterocycles. The van der Waals surface area contributed by atoms with E-state index < -0.39 is 0 Å². The van der Waals surface area contributed by atoms with E-state index in [9.17, 15) is 4.39 Å². The summed E-state index contributed by atoms with van der Waals surface area (Å²) in [4.78, 5) is 0. The van der Waals surface area contributed by atoms with Gasteiger partial charge in [-0.1, -0.05) is 30.5 Å². The quantitative estimate of drug-likeness (QED) is 0.790. The van der Waals surface area contributed by atoms with Crippen molar-refractivity contribution < 1.29 is 4.39 Å². The minimum absolute atomic E-state index is 0.276. The predicted molar refractivity (Wildman–Crippen MR) is 69.7 cm³/mol. The van der Waals surface area contributed by atoms with Gasteiger partial charge in [-0.3, -0.25) is 0 Å². The van der Waals surface area contributed by atoms with E-state index in [1.165, 1.54) is 37.8 Å². The highest BCUT2D eigenvalue weighted by Crippen LogP contribution is 2.34. The average molecular weight is 265 g/mol. The molecule has 2 aromatic rings. The monoisotopic (exact) mass is 264 g/mol. The third-order valence-corrected chi connectivity index (χ3v) is 3.78. The van der Waals surface area contributed by atoms with Gasteiger partial charge < -0.3 is 0 Å². The zero-order valence-corrected chi connectivity index (χ0v) is 10.7. The third-order valence-electron chi connectivity index (χ3n) is 3.51. The van der Waals surface area contributed by atoms with E-state index in [1.807, 2.05) is 6.07 Å². The first-order chi connectivity index (χ1) is 8.74. The second-order valence-electron chi connectivity index (χ2n) is 4.76. The lowest BCUT2D eigenvalue weighted by Gasteiger charge is -2.05. The predicted octanol–water partition coefficient (Wildman–Crippen LogP) is 4.32. The molecule has 1 aromatic carbocycles. The van der Waals surface area contributed by atoms with Crippen LogP contribution in [-0.4, -0.2) is 9.78 Å². The zero-order chi connectivity index (χ0) is 12.5. The van der Waals surface area contributed by atoms with Crippen LogP contribution in [0.4, 0.5) is 4.39 Å². The fourth-order valence-electron chi connectivity index (χ4n) is 2.59. The Bertz CT molecular complexity index is 559. The van der Waals surface area contributed by atoms with Crippen molar-refractivity contribution in [1.29, 1.82) is 0 Å². The van der Waals surface area contributed by atoms with Gasteiger partial charge in [-0.25, -0.2) is 9.07 Å². The van der Waals surface area contributed by atoms with Crippen LogP contribution in [0.5, 0.6) is 0 Å². The Labute approximate surface area is 110 Å². The first-order valence-electron chi connectivity index (χ1n) is 6.25. The van der Waals surface area contributed by atoms with Crippen LogP contribution in [0.1, 0.15) is 37.3 Å². The Morgan fingerprint density at radius 3 is 2.72 bits per heavy atom. The molecule has 0 radical (unpaired) electrons. The second kappa shape index (κ2) is 4.73. The van der Waals surface area contributed by atoms with Crippen molar-refractivity contribution >= 4 is 11.6 Å². The molecule has 0 bridgehead atoms. The lowest BCUT2D eigenvalue weighted by Crippen LogP contribution is -1.99. The Morgan fingerprint density at radius 1 is 1.22 bits per heavy atom. The van der Waals surface area contributed by atoms with E-state index >= 15 is 0 Å². The Morgan fingerprint density at radius 2 is 2.00 bits per heavy atom. The van der Waals surface area contributed by atoms with Gasteiger partial charge in [0, 0.05) is 5.92 Å². The summed E-state index contributed by atoms with van der Waals surface area (Å²) in [5, 5.41) is 5.07. The Kier molecular flexibility index (Phi) is 3.08. The van der Waals surface area contributed by atoms with E-state index in [-0.39, 0.29) is 5.82 Å². The molecule has 0 atom stereocenters. The maximum atomic E-state index is 13.2. The van der Waals surface area contributed by atoms with Gasteiger partial charge in [0.05, 0.1) is 11.4 Å². The van der Waals surface area contributed by atoms with Crippen LogP contribution in [0, 0.1) is 5.82 Å². The number of aromatic nitrogens is 2. The first-order valence-corrected chi connectivity index (χ1v) is 6.63. The zero-order valence-electron chi connectivity index (χ0n) is 9.94. The number of hydrogen-bond acceptors (Lipinski definition) is 1. The maximum absolute atomic E-state index is 13.2. The van der Waals surface area contributed by atoms with E-state index in [0.29, 0.717) is 16.8 Å². The summed E-state index contributed by atoms with van der Waals surface area (Å²) in [5.74, 6) is 0.235. The molecule has 1 aliphatic carbocycles. The van der Waals surface area contributed by atoms with Gasteiger partial charge in [-0.05, 0) is 37.1 Å². The molecule has 0 N–H and O–H groups in total. The summed E-state index contributed by atoms with van der Waals surface area (Å²) in [5.41, 5.74) is 1.70. The summed E-state index contributed by atoms with van der Waals surface area (Å²) in [7, 11) is 0. The number of hydrogen-bond donors (Lipinski definition) is 0. The van der Waals surface area contributed by atoms with Crippen molar-refractivity contribution in [3.8, 4) is 5.69 Å². The molecule has 3 rings (SSSR count). The number of rotatable bonds is 2. The van der Waals surface area contributed by atoms with Crippen molar-refractivity contribution in [3.05, 3.63) is 47.0 Å². The van der Waals surface area contributed by atoms with E-state index in [4.69, 9.17) is 11.6 Å². The number of benzene rings is 1. The molecular formula is C14H14ClFN2. The molecule has 1 saturated carbocycles. The molecule has 2 nitrogen and oxygen atoms in total. The van der Waals surface area contributed by atoms with Crippen LogP contribution in [0.2, 0.25) is 5.15 Å². The molecule has 0 aliphatic heterocycles. The van der Waals surface area contributed by atoms with E-state index in [2.05, 4.69) is 5.10 Å². The SMILES string of the molecule is Fc1cccc(-n2nc(C3CCCC3)cc2Cl)c1. The molecule has 1 aromatic heterocycles. The van der Waals surface area contributed by atoms with Crippen molar-refractivity contribution in [1.82, 2.24) is 9.78 Å². The second-order valence-corrected chi connectivity index (χ2v) is 5.15. The molecule has 1 fully saturated rings.